The van der Waals surface area contributed by atoms with Crippen molar-refractivity contribution < 1.29 is 9.59 Å². The van der Waals surface area contributed by atoms with Crippen LogP contribution in [0.25, 0.3) is 6.08 Å². The van der Waals surface area contributed by atoms with Gasteiger partial charge in [-0.25, -0.2) is 0 Å². The summed E-state index contributed by atoms with van der Waals surface area (Å²) in [5.74, 6) is -0.0226. The second-order valence-corrected chi connectivity index (χ2v) is 7.92. The van der Waals surface area contributed by atoms with E-state index in [1.54, 1.807) is 11.0 Å². The van der Waals surface area contributed by atoms with E-state index >= 15 is 0 Å². The van der Waals surface area contributed by atoms with Gasteiger partial charge in [0.15, 0.2) is 0 Å². The minimum absolute atomic E-state index is 0.170. The van der Waals surface area contributed by atoms with E-state index in [0.717, 1.165) is 35.6 Å². The van der Waals surface area contributed by atoms with Crippen molar-refractivity contribution in [3.05, 3.63) is 96.1 Å². The van der Waals surface area contributed by atoms with Crippen molar-refractivity contribution in [1.29, 1.82) is 0 Å². The van der Waals surface area contributed by atoms with Crippen molar-refractivity contribution in [1.82, 2.24) is 0 Å². The maximum Gasteiger partial charge on any atom is 0.248 e. The molecule has 3 aromatic carbocycles. The first kappa shape index (κ1) is 21.4. The molecule has 32 heavy (non-hydrogen) atoms. The smallest absolute Gasteiger partial charge is 0.248 e. The lowest BCUT2D eigenvalue weighted by Crippen LogP contribution is -2.23. The number of carbonyl (C=O) groups is 2. The van der Waals surface area contributed by atoms with Gasteiger partial charge in [-0.3, -0.25) is 9.59 Å². The molecule has 2 amide bonds. The molecule has 0 aliphatic carbocycles. The molecule has 1 saturated heterocycles. The van der Waals surface area contributed by atoms with Crippen LogP contribution in [0, 0.1) is 0 Å². The van der Waals surface area contributed by atoms with Gasteiger partial charge in [0.25, 0.3) is 0 Å². The Hall–Kier alpha value is -3.86. The van der Waals surface area contributed by atoms with E-state index in [0.29, 0.717) is 6.42 Å². The molecule has 1 heterocycles. The Morgan fingerprint density at radius 2 is 1.62 bits per heavy atom. The molecule has 0 radical (unpaired) electrons. The zero-order valence-corrected chi connectivity index (χ0v) is 18.1. The number of rotatable bonds is 7. The molecular weight excluding hydrogens is 398 g/mol. The summed E-state index contributed by atoms with van der Waals surface area (Å²) < 4.78 is 0. The maximum atomic E-state index is 12.3. The first-order valence-corrected chi connectivity index (χ1v) is 10.9. The van der Waals surface area contributed by atoms with Crippen LogP contribution in [-0.2, 0) is 9.59 Å². The molecule has 1 aliphatic rings. The van der Waals surface area contributed by atoms with E-state index < -0.39 is 0 Å². The van der Waals surface area contributed by atoms with Crippen LogP contribution in [0.4, 0.5) is 17.1 Å². The lowest BCUT2D eigenvalue weighted by Gasteiger charge is -2.16. The summed E-state index contributed by atoms with van der Waals surface area (Å²) >= 11 is 0. The zero-order valence-electron chi connectivity index (χ0n) is 18.1. The van der Waals surface area contributed by atoms with Gasteiger partial charge in [0.05, 0.1) is 0 Å². The van der Waals surface area contributed by atoms with E-state index in [2.05, 4.69) is 29.7 Å². The molecule has 1 unspecified atom stereocenters. The quantitative estimate of drug-likeness (QED) is 0.482. The molecule has 5 heteroatoms. The first-order chi connectivity index (χ1) is 15.6. The topological polar surface area (TPSA) is 61.4 Å². The highest BCUT2D eigenvalue weighted by atomic mass is 16.2. The second kappa shape index (κ2) is 9.96. The fourth-order valence-electron chi connectivity index (χ4n) is 3.77. The Morgan fingerprint density at radius 1 is 0.938 bits per heavy atom. The molecule has 0 aromatic heterocycles. The van der Waals surface area contributed by atoms with Gasteiger partial charge in [-0.05, 0) is 66.9 Å². The number of nitrogens with one attached hydrogen (secondary N) is 2. The summed E-state index contributed by atoms with van der Waals surface area (Å²) in [7, 11) is 0. The van der Waals surface area contributed by atoms with Gasteiger partial charge < -0.3 is 15.5 Å². The number of hydrogen-bond donors (Lipinski definition) is 2. The van der Waals surface area contributed by atoms with E-state index in [9.17, 15) is 9.59 Å². The van der Waals surface area contributed by atoms with Crippen molar-refractivity contribution in [3.63, 3.8) is 0 Å². The fourth-order valence-corrected chi connectivity index (χ4v) is 3.77. The van der Waals surface area contributed by atoms with Gasteiger partial charge in [0, 0.05) is 42.1 Å². The van der Waals surface area contributed by atoms with Gasteiger partial charge in [-0.1, -0.05) is 42.5 Å². The normalized spacial score (nSPS) is 14.5. The van der Waals surface area contributed by atoms with Gasteiger partial charge in [0.1, 0.15) is 0 Å². The number of carbonyl (C=O) groups excluding carboxylic acids is 2. The van der Waals surface area contributed by atoms with Crippen molar-refractivity contribution in [3.8, 4) is 0 Å². The third kappa shape index (κ3) is 5.43. The summed E-state index contributed by atoms with van der Waals surface area (Å²) in [6.07, 6.45) is 4.80. The van der Waals surface area contributed by atoms with E-state index in [1.165, 1.54) is 11.6 Å². The number of anilines is 3. The summed E-state index contributed by atoms with van der Waals surface area (Å²) in [5.41, 5.74) is 4.76. The minimum Gasteiger partial charge on any atom is -0.379 e. The van der Waals surface area contributed by atoms with Crippen molar-refractivity contribution in [2.45, 2.75) is 25.8 Å². The van der Waals surface area contributed by atoms with Crippen LogP contribution in [0.15, 0.2) is 84.9 Å². The predicted molar refractivity (Wildman–Crippen MR) is 131 cm³/mol. The Kier molecular flexibility index (Phi) is 6.66. The molecule has 0 spiro atoms. The standard InChI is InChI=1S/C27H27N3O2/c1-20(22-6-3-2-4-7-22)28-23-12-14-24(15-13-23)29-26(31)18-11-21-9-16-25(17-10-21)30-19-5-8-27(30)32/h2-4,6-7,9-18,20,28H,5,8,19H2,1H3,(H,29,31)/b18-11+. The Morgan fingerprint density at radius 3 is 2.28 bits per heavy atom. The van der Waals surface area contributed by atoms with E-state index in [1.807, 2.05) is 66.7 Å². The molecule has 3 aromatic rings. The highest BCUT2D eigenvalue weighted by Gasteiger charge is 2.21. The molecule has 0 bridgehead atoms. The molecule has 2 N–H and O–H groups in total. The third-order valence-corrected chi connectivity index (χ3v) is 5.54. The van der Waals surface area contributed by atoms with Gasteiger partial charge >= 0.3 is 0 Å². The van der Waals surface area contributed by atoms with Crippen LogP contribution in [0.5, 0.6) is 0 Å². The first-order valence-electron chi connectivity index (χ1n) is 10.9. The average Bonchev–Trinajstić information content (AvgIpc) is 3.25. The van der Waals surface area contributed by atoms with E-state index in [-0.39, 0.29) is 17.9 Å². The second-order valence-electron chi connectivity index (χ2n) is 7.92. The van der Waals surface area contributed by atoms with Gasteiger partial charge in [0.2, 0.25) is 11.8 Å². The Bertz CT molecular complexity index is 1090. The van der Waals surface area contributed by atoms with Crippen molar-refractivity contribution in [2.24, 2.45) is 0 Å². The zero-order chi connectivity index (χ0) is 22.3. The molecule has 1 aliphatic heterocycles. The van der Waals surface area contributed by atoms with Crippen LogP contribution in [-0.4, -0.2) is 18.4 Å². The summed E-state index contributed by atoms with van der Waals surface area (Å²) in [6, 6.07) is 25.8. The number of nitrogens with zero attached hydrogens (tertiary/aromatic N) is 1. The highest BCUT2D eigenvalue weighted by Crippen LogP contribution is 2.22. The summed E-state index contributed by atoms with van der Waals surface area (Å²) in [4.78, 5) is 25.9. The molecule has 4 rings (SSSR count). The van der Waals surface area contributed by atoms with Crippen molar-refractivity contribution in [2.75, 3.05) is 22.1 Å². The minimum atomic E-state index is -0.192. The monoisotopic (exact) mass is 425 g/mol. The largest absolute Gasteiger partial charge is 0.379 e. The van der Waals surface area contributed by atoms with Crippen LogP contribution in [0.3, 0.4) is 0 Å². The third-order valence-electron chi connectivity index (χ3n) is 5.54. The van der Waals surface area contributed by atoms with E-state index in [4.69, 9.17) is 0 Å². The predicted octanol–water partition coefficient (Wildman–Crippen LogP) is 5.64. The van der Waals surface area contributed by atoms with Crippen LogP contribution >= 0.6 is 0 Å². The number of hydrogen-bond acceptors (Lipinski definition) is 3. The average molecular weight is 426 g/mol. The Balaban J connectivity index is 1.30. The molecule has 0 saturated carbocycles. The molecule has 162 valence electrons. The molecular formula is C27H27N3O2. The van der Waals surface area contributed by atoms with Crippen LogP contribution in [0.1, 0.15) is 36.9 Å². The summed E-state index contributed by atoms with van der Waals surface area (Å²) in [6.45, 7) is 2.89. The Labute approximate surface area is 188 Å². The number of benzene rings is 3. The van der Waals surface area contributed by atoms with Gasteiger partial charge in [-0.2, -0.15) is 0 Å². The molecule has 1 fully saturated rings. The molecule has 5 nitrogen and oxygen atoms in total. The van der Waals surface area contributed by atoms with Crippen molar-refractivity contribution >= 4 is 35.0 Å². The highest BCUT2D eigenvalue weighted by molar-refractivity contribution is 6.02. The van der Waals surface area contributed by atoms with Gasteiger partial charge in [-0.15, -0.1) is 0 Å². The molecule has 1 atom stereocenters. The lowest BCUT2D eigenvalue weighted by atomic mass is 10.1. The summed E-state index contributed by atoms with van der Waals surface area (Å²) in [5, 5.41) is 6.34. The SMILES string of the molecule is CC(Nc1ccc(NC(=O)/C=C/c2ccc(N3CCCC3=O)cc2)cc1)c1ccccc1. The fraction of sp³-hybridized carbons (Fsp3) is 0.185. The maximum absolute atomic E-state index is 12.3. The van der Waals surface area contributed by atoms with Crippen LogP contribution < -0.4 is 15.5 Å². The number of amides is 2. The lowest BCUT2D eigenvalue weighted by molar-refractivity contribution is -0.117. The van der Waals surface area contributed by atoms with Crippen LogP contribution in [0.2, 0.25) is 0 Å².